The molecule has 2 N–H and O–H groups in total. The molecule has 2 rings (SSSR count). The number of H-pyrrole nitrogens is 1. The third kappa shape index (κ3) is 3.86. The number of nitrogens with zero attached hydrogens (tertiary/aromatic N) is 1. The molecular weight excluding hydrogens is 246 g/mol. The van der Waals surface area contributed by atoms with E-state index in [1.165, 1.54) is 11.1 Å². The lowest BCUT2D eigenvalue weighted by Gasteiger charge is -2.07. The van der Waals surface area contributed by atoms with Crippen molar-refractivity contribution in [2.45, 2.75) is 26.3 Å². The van der Waals surface area contributed by atoms with Crippen LogP contribution in [0.1, 0.15) is 23.4 Å². The molecule has 1 heterocycles. The van der Waals surface area contributed by atoms with Gasteiger partial charge >= 0.3 is 0 Å². The van der Waals surface area contributed by atoms with Gasteiger partial charge in [-0.25, -0.2) is 4.98 Å². The Hall–Kier alpha value is -1.32. The van der Waals surface area contributed by atoms with Crippen LogP contribution in [0.4, 0.5) is 0 Å². The Morgan fingerprint density at radius 2 is 2.28 bits per heavy atom. The molecule has 0 saturated carbocycles. The highest BCUT2D eigenvalue weighted by atomic mass is 35.5. The van der Waals surface area contributed by atoms with Crippen molar-refractivity contribution in [1.82, 2.24) is 15.3 Å². The van der Waals surface area contributed by atoms with E-state index in [0.717, 1.165) is 36.8 Å². The first-order valence-corrected chi connectivity index (χ1v) is 6.57. The number of hydrogen-bond acceptors (Lipinski definition) is 2. The molecule has 2 aromatic rings. The van der Waals surface area contributed by atoms with Gasteiger partial charge in [0.05, 0.1) is 0 Å². The second-order valence-corrected chi connectivity index (χ2v) is 4.82. The van der Waals surface area contributed by atoms with E-state index in [-0.39, 0.29) is 0 Å². The van der Waals surface area contributed by atoms with Crippen LogP contribution in [0.5, 0.6) is 0 Å². The van der Waals surface area contributed by atoms with Crippen LogP contribution in [-0.2, 0) is 13.0 Å². The predicted octanol–water partition coefficient (Wildman–Crippen LogP) is 3.09. The number of benzene rings is 1. The van der Waals surface area contributed by atoms with Crippen molar-refractivity contribution in [2.75, 3.05) is 6.54 Å². The maximum atomic E-state index is 5.93. The number of nitrogens with one attached hydrogen (secondary N) is 2. The summed E-state index contributed by atoms with van der Waals surface area (Å²) in [6, 6.07) is 6.02. The van der Waals surface area contributed by atoms with Gasteiger partial charge in [0.15, 0.2) is 0 Å². The molecule has 0 bridgehead atoms. The van der Waals surface area contributed by atoms with Crippen LogP contribution in [-0.4, -0.2) is 16.5 Å². The standard InChI is InChI=1S/C14H18ClN3/c1-11-9-13(15)5-4-12(11)10-16-6-2-3-14-17-7-8-18-14/h4-5,7-9,16H,2-3,6,10H2,1H3,(H,17,18). The van der Waals surface area contributed by atoms with E-state index in [1.807, 2.05) is 18.3 Å². The molecule has 0 aliphatic rings. The molecule has 18 heavy (non-hydrogen) atoms. The number of rotatable bonds is 6. The molecule has 0 fully saturated rings. The minimum Gasteiger partial charge on any atom is -0.349 e. The van der Waals surface area contributed by atoms with Crippen molar-refractivity contribution >= 4 is 11.6 Å². The van der Waals surface area contributed by atoms with E-state index < -0.39 is 0 Å². The SMILES string of the molecule is Cc1cc(Cl)ccc1CNCCCc1ncc[nH]1. The molecule has 0 saturated heterocycles. The first-order valence-electron chi connectivity index (χ1n) is 6.20. The zero-order valence-corrected chi connectivity index (χ0v) is 11.3. The van der Waals surface area contributed by atoms with E-state index in [2.05, 4.69) is 28.3 Å². The number of aryl methyl sites for hydroxylation is 2. The zero-order valence-electron chi connectivity index (χ0n) is 10.5. The Morgan fingerprint density at radius 1 is 1.39 bits per heavy atom. The van der Waals surface area contributed by atoms with Crippen molar-refractivity contribution in [3.63, 3.8) is 0 Å². The predicted molar refractivity (Wildman–Crippen MR) is 74.8 cm³/mol. The summed E-state index contributed by atoms with van der Waals surface area (Å²) in [7, 11) is 0. The van der Waals surface area contributed by atoms with Gasteiger partial charge in [0.25, 0.3) is 0 Å². The number of halogens is 1. The average molecular weight is 264 g/mol. The number of aromatic nitrogens is 2. The van der Waals surface area contributed by atoms with Crippen molar-refractivity contribution in [3.8, 4) is 0 Å². The van der Waals surface area contributed by atoms with E-state index in [4.69, 9.17) is 11.6 Å². The number of hydrogen-bond donors (Lipinski definition) is 2. The summed E-state index contributed by atoms with van der Waals surface area (Å²) in [5.74, 6) is 1.06. The smallest absolute Gasteiger partial charge is 0.106 e. The molecule has 0 amide bonds. The fourth-order valence-electron chi connectivity index (χ4n) is 1.90. The highest BCUT2D eigenvalue weighted by Crippen LogP contribution is 2.14. The van der Waals surface area contributed by atoms with Crippen LogP contribution in [0.2, 0.25) is 5.02 Å². The van der Waals surface area contributed by atoms with Gasteiger partial charge in [-0.1, -0.05) is 17.7 Å². The molecule has 0 unspecified atom stereocenters. The molecule has 1 aromatic carbocycles. The molecule has 0 aliphatic carbocycles. The molecule has 0 aliphatic heterocycles. The average Bonchev–Trinajstić information content (AvgIpc) is 2.84. The van der Waals surface area contributed by atoms with Crippen LogP contribution in [0, 0.1) is 6.92 Å². The van der Waals surface area contributed by atoms with Crippen molar-refractivity contribution in [3.05, 3.63) is 52.6 Å². The van der Waals surface area contributed by atoms with Gasteiger partial charge in [-0.15, -0.1) is 0 Å². The highest BCUT2D eigenvalue weighted by Gasteiger charge is 1.99. The van der Waals surface area contributed by atoms with E-state index in [1.54, 1.807) is 6.20 Å². The van der Waals surface area contributed by atoms with Crippen molar-refractivity contribution in [2.24, 2.45) is 0 Å². The lowest BCUT2D eigenvalue weighted by Crippen LogP contribution is -2.16. The van der Waals surface area contributed by atoms with E-state index in [9.17, 15) is 0 Å². The minimum atomic E-state index is 0.800. The maximum absolute atomic E-state index is 5.93. The van der Waals surface area contributed by atoms with Gasteiger partial charge in [0.2, 0.25) is 0 Å². The summed E-state index contributed by atoms with van der Waals surface area (Å²) in [6.07, 6.45) is 5.72. The van der Waals surface area contributed by atoms with Gasteiger partial charge in [0, 0.05) is 30.4 Å². The molecule has 96 valence electrons. The van der Waals surface area contributed by atoms with Crippen LogP contribution in [0.25, 0.3) is 0 Å². The van der Waals surface area contributed by atoms with Gasteiger partial charge in [0.1, 0.15) is 5.82 Å². The molecule has 1 aromatic heterocycles. The molecule has 4 heteroatoms. The van der Waals surface area contributed by atoms with Crippen LogP contribution in [0.15, 0.2) is 30.6 Å². The highest BCUT2D eigenvalue weighted by molar-refractivity contribution is 6.30. The summed E-state index contributed by atoms with van der Waals surface area (Å²) >= 11 is 5.93. The Labute approximate surface area is 113 Å². The fourth-order valence-corrected chi connectivity index (χ4v) is 2.12. The zero-order chi connectivity index (χ0) is 12.8. The van der Waals surface area contributed by atoms with E-state index >= 15 is 0 Å². The topological polar surface area (TPSA) is 40.7 Å². The second-order valence-electron chi connectivity index (χ2n) is 4.39. The lowest BCUT2D eigenvalue weighted by molar-refractivity contribution is 0.639. The van der Waals surface area contributed by atoms with Gasteiger partial charge < -0.3 is 10.3 Å². The van der Waals surface area contributed by atoms with E-state index in [0.29, 0.717) is 0 Å². The molecular formula is C14H18ClN3. The monoisotopic (exact) mass is 263 g/mol. The van der Waals surface area contributed by atoms with Gasteiger partial charge in [-0.2, -0.15) is 0 Å². The van der Waals surface area contributed by atoms with Gasteiger partial charge in [-0.3, -0.25) is 0 Å². The van der Waals surface area contributed by atoms with Crippen molar-refractivity contribution in [1.29, 1.82) is 0 Å². The molecule has 3 nitrogen and oxygen atoms in total. The summed E-state index contributed by atoms with van der Waals surface area (Å²) < 4.78 is 0. The van der Waals surface area contributed by atoms with Crippen LogP contribution in [0.3, 0.4) is 0 Å². The maximum Gasteiger partial charge on any atom is 0.106 e. The number of imidazole rings is 1. The lowest BCUT2D eigenvalue weighted by atomic mass is 10.1. The second kappa shape index (κ2) is 6.57. The minimum absolute atomic E-state index is 0.800. The third-order valence-electron chi connectivity index (χ3n) is 2.94. The summed E-state index contributed by atoms with van der Waals surface area (Å²) in [5.41, 5.74) is 2.54. The summed E-state index contributed by atoms with van der Waals surface area (Å²) in [4.78, 5) is 7.31. The largest absolute Gasteiger partial charge is 0.349 e. The Bertz CT molecular complexity index is 480. The van der Waals surface area contributed by atoms with Crippen LogP contribution >= 0.6 is 11.6 Å². The summed E-state index contributed by atoms with van der Waals surface area (Å²) in [5, 5.41) is 4.24. The quantitative estimate of drug-likeness (QED) is 0.787. The fraction of sp³-hybridized carbons (Fsp3) is 0.357. The molecule has 0 spiro atoms. The Morgan fingerprint density at radius 3 is 3.00 bits per heavy atom. The third-order valence-corrected chi connectivity index (χ3v) is 3.18. The Balaban J connectivity index is 1.69. The normalized spacial score (nSPS) is 10.8. The van der Waals surface area contributed by atoms with Gasteiger partial charge in [-0.05, 0) is 43.1 Å². The summed E-state index contributed by atoms with van der Waals surface area (Å²) in [6.45, 7) is 3.97. The Kier molecular flexibility index (Phi) is 4.79. The first kappa shape index (κ1) is 13.1. The van der Waals surface area contributed by atoms with Crippen LogP contribution < -0.4 is 5.32 Å². The molecule has 0 radical (unpaired) electrons. The van der Waals surface area contributed by atoms with Crippen molar-refractivity contribution < 1.29 is 0 Å². The number of aromatic amines is 1. The molecule has 0 atom stereocenters. The first-order chi connectivity index (χ1) is 8.75.